The van der Waals surface area contributed by atoms with Gasteiger partial charge in [-0.25, -0.2) is 5.43 Å². The Morgan fingerprint density at radius 3 is 2.05 bits per heavy atom. The number of aromatic nitrogens is 1. The summed E-state index contributed by atoms with van der Waals surface area (Å²) >= 11 is 0. The molecule has 38 heavy (non-hydrogen) atoms. The molecule has 7 heteroatoms. The standard InChI is InChI=1S/C31H24N4O3/c1-22-12-14-25(15-13-22)31(36)33-32-21-26-20-29(23-8-4-2-5-9-23)34(30(26)24-10-6-3-7-11-24)27-16-18-28(19-17-27)35(37)38/h2-21H,1H3,(H,33,36)/b32-21-. The van der Waals surface area contributed by atoms with Crippen molar-refractivity contribution in [2.24, 2.45) is 5.10 Å². The molecule has 0 spiro atoms. The van der Waals surface area contributed by atoms with Crippen LogP contribution in [0.25, 0.3) is 28.2 Å². The number of aryl methyl sites for hydroxylation is 1. The van der Waals surface area contributed by atoms with Crippen LogP contribution in [0.5, 0.6) is 0 Å². The second-order valence-corrected chi connectivity index (χ2v) is 8.74. The molecule has 0 aliphatic carbocycles. The summed E-state index contributed by atoms with van der Waals surface area (Å²) in [4.78, 5) is 23.5. The van der Waals surface area contributed by atoms with Gasteiger partial charge in [-0.05, 0) is 48.4 Å². The van der Waals surface area contributed by atoms with E-state index in [1.807, 2.05) is 85.8 Å². The molecule has 1 heterocycles. The third-order valence-corrected chi connectivity index (χ3v) is 6.15. The topological polar surface area (TPSA) is 89.5 Å². The fraction of sp³-hybridized carbons (Fsp3) is 0.0323. The highest BCUT2D eigenvalue weighted by Crippen LogP contribution is 2.35. The largest absolute Gasteiger partial charge is 0.309 e. The van der Waals surface area contributed by atoms with E-state index in [0.717, 1.165) is 39.3 Å². The lowest BCUT2D eigenvalue weighted by atomic mass is 10.1. The summed E-state index contributed by atoms with van der Waals surface area (Å²) in [6.45, 7) is 1.96. The summed E-state index contributed by atoms with van der Waals surface area (Å²) in [5.74, 6) is -0.305. The normalized spacial score (nSPS) is 11.0. The Morgan fingerprint density at radius 2 is 1.45 bits per heavy atom. The Balaban J connectivity index is 1.63. The Hall–Kier alpha value is -5.30. The summed E-state index contributed by atoms with van der Waals surface area (Å²) in [5.41, 5.74) is 9.37. The predicted octanol–water partition coefficient (Wildman–Crippen LogP) is 6.79. The van der Waals surface area contributed by atoms with Gasteiger partial charge in [-0.15, -0.1) is 0 Å². The molecule has 0 aliphatic heterocycles. The maximum absolute atomic E-state index is 12.6. The van der Waals surface area contributed by atoms with Crippen molar-refractivity contribution in [3.05, 3.63) is 142 Å². The molecule has 0 saturated carbocycles. The van der Waals surface area contributed by atoms with E-state index >= 15 is 0 Å². The van der Waals surface area contributed by atoms with E-state index in [9.17, 15) is 14.9 Å². The minimum atomic E-state index is -0.412. The number of nitro benzene ring substituents is 1. The van der Waals surface area contributed by atoms with Crippen molar-refractivity contribution >= 4 is 17.8 Å². The highest BCUT2D eigenvalue weighted by Gasteiger charge is 2.19. The van der Waals surface area contributed by atoms with Crippen molar-refractivity contribution in [1.82, 2.24) is 9.99 Å². The number of nitrogens with one attached hydrogen (secondary N) is 1. The average Bonchev–Trinajstić information content (AvgIpc) is 3.33. The van der Waals surface area contributed by atoms with Gasteiger partial charge in [-0.3, -0.25) is 14.9 Å². The molecule has 0 aliphatic rings. The van der Waals surface area contributed by atoms with Crippen LogP contribution in [0.2, 0.25) is 0 Å². The van der Waals surface area contributed by atoms with Gasteiger partial charge in [0.1, 0.15) is 0 Å². The van der Waals surface area contributed by atoms with Gasteiger partial charge in [0.15, 0.2) is 0 Å². The third-order valence-electron chi connectivity index (χ3n) is 6.15. The first kappa shape index (κ1) is 24.4. The van der Waals surface area contributed by atoms with Crippen LogP contribution < -0.4 is 5.43 Å². The van der Waals surface area contributed by atoms with Crippen molar-refractivity contribution in [2.45, 2.75) is 6.92 Å². The molecule has 5 rings (SSSR count). The van der Waals surface area contributed by atoms with E-state index in [1.54, 1.807) is 30.5 Å². The Labute approximate surface area is 219 Å². The number of amides is 1. The van der Waals surface area contributed by atoms with Crippen LogP contribution in [0.15, 0.2) is 120 Å². The van der Waals surface area contributed by atoms with Crippen molar-refractivity contribution in [2.75, 3.05) is 0 Å². The van der Waals surface area contributed by atoms with Gasteiger partial charge in [0.25, 0.3) is 11.6 Å². The number of hydrogen-bond donors (Lipinski definition) is 1. The van der Waals surface area contributed by atoms with E-state index in [1.165, 1.54) is 12.1 Å². The molecule has 4 aromatic carbocycles. The van der Waals surface area contributed by atoms with Crippen molar-refractivity contribution in [3.63, 3.8) is 0 Å². The minimum Gasteiger partial charge on any atom is -0.309 e. The number of nitro groups is 1. The molecule has 0 fully saturated rings. The number of nitrogens with zero attached hydrogens (tertiary/aromatic N) is 3. The molecular weight excluding hydrogens is 476 g/mol. The van der Waals surface area contributed by atoms with E-state index < -0.39 is 4.92 Å². The van der Waals surface area contributed by atoms with Crippen molar-refractivity contribution < 1.29 is 9.72 Å². The molecular formula is C31H24N4O3. The van der Waals surface area contributed by atoms with Gasteiger partial charge in [-0.2, -0.15) is 5.10 Å². The molecule has 1 amide bonds. The molecule has 186 valence electrons. The predicted molar refractivity (Wildman–Crippen MR) is 150 cm³/mol. The molecule has 0 radical (unpaired) electrons. The molecule has 0 atom stereocenters. The molecule has 0 unspecified atom stereocenters. The van der Waals surface area contributed by atoms with E-state index in [4.69, 9.17) is 0 Å². The summed E-state index contributed by atoms with van der Waals surface area (Å²) in [6.07, 6.45) is 1.63. The highest BCUT2D eigenvalue weighted by atomic mass is 16.6. The first-order chi connectivity index (χ1) is 18.5. The lowest BCUT2D eigenvalue weighted by molar-refractivity contribution is -0.384. The first-order valence-corrected chi connectivity index (χ1v) is 12.0. The van der Waals surface area contributed by atoms with Gasteiger partial charge in [0.2, 0.25) is 0 Å². The van der Waals surface area contributed by atoms with Crippen LogP contribution in [-0.2, 0) is 0 Å². The second kappa shape index (κ2) is 10.8. The monoisotopic (exact) mass is 500 g/mol. The Morgan fingerprint density at radius 1 is 0.842 bits per heavy atom. The van der Waals surface area contributed by atoms with Gasteiger partial charge >= 0.3 is 0 Å². The number of hydrazone groups is 1. The molecule has 7 nitrogen and oxygen atoms in total. The zero-order valence-electron chi connectivity index (χ0n) is 20.6. The fourth-order valence-electron chi connectivity index (χ4n) is 4.26. The highest BCUT2D eigenvalue weighted by molar-refractivity contribution is 5.97. The molecule has 5 aromatic rings. The van der Waals surface area contributed by atoms with Crippen molar-refractivity contribution in [1.29, 1.82) is 0 Å². The average molecular weight is 501 g/mol. The Bertz CT molecular complexity index is 1610. The van der Waals surface area contributed by atoms with Crippen LogP contribution in [-0.4, -0.2) is 21.6 Å². The third kappa shape index (κ3) is 5.12. The van der Waals surface area contributed by atoms with Crippen LogP contribution in [0, 0.1) is 17.0 Å². The first-order valence-electron chi connectivity index (χ1n) is 12.0. The smallest absolute Gasteiger partial charge is 0.271 e. The van der Waals surface area contributed by atoms with Crippen LogP contribution in [0.3, 0.4) is 0 Å². The van der Waals surface area contributed by atoms with Crippen molar-refractivity contribution in [3.8, 4) is 28.2 Å². The second-order valence-electron chi connectivity index (χ2n) is 8.74. The van der Waals surface area contributed by atoms with Crippen LogP contribution in [0.1, 0.15) is 21.5 Å². The van der Waals surface area contributed by atoms with E-state index in [-0.39, 0.29) is 11.6 Å². The van der Waals surface area contributed by atoms with Gasteiger partial charge in [0, 0.05) is 28.9 Å². The van der Waals surface area contributed by atoms with E-state index in [2.05, 4.69) is 15.1 Å². The zero-order valence-corrected chi connectivity index (χ0v) is 20.6. The summed E-state index contributed by atoms with van der Waals surface area (Å²) < 4.78 is 2.05. The maximum atomic E-state index is 12.6. The van der Waals surface area contributed by atoms with Gasteiger partial charge in [0.05, 0.1) is 22.5 Å². The molecule has 0 saturated heterocycles. The number of carbonyl (C=O) groups is 1. The van der Waals surface area contributed by atoms with Crippen LogP contribution in [0.4, 0.5) is 5.69 Å². The fourth-order valence-corrected chi connectivity index (χ4v) is 4.26. The lowest BCUT2D eigenvalue weighted by Gasteiger charge is -2.15. The van der Waals surface area contributed by atoms with Gasteiger partial charge in [-0.1, -0.05) is 78.4 Å². The molecule has 1 aromatic heterocycles. The minimum absolute atomic E-state index is 0.0176. The zero-order chi connectivity index (χ0) is 26.5. The number of non-ortho nitro benzene ring substituents is 1. The van der Waals surface area contributed by atoms with Crippen LogP contribution >= 0.6 is 0 Å². The lowest BCUT2D eigenvalue weighted by Crippen LogP contribution is -2.17. The SMILES string of the molecule is Cc1ccc(C(=O)N/N=C\c2cc(-c3ccccc3)n(-c3ccc([N+](=O)[O-])cc3)c2-c2ccccc2)cc1. The number of rotatable bonds is 7. The summed E-state index contributed by atoms with van der Waals surface area (Å²) in [5, 5.41) is 15.5. The quantitative estimate of drug-likeness (QED) is 0.152. The van der Waals surface area contributed by atoms with E-state index in [0.29, 0.717) is 5.56 Å². The number of carbonyl (C=O) groups excluding carboxylic acids is 1. The molecule has 1 N–H and O–H groups in total. The van der Waals surface area contributed by atoms with Gasteiger partial charge < -0.3 is 4.57 Å². The number of hydrogen-bond acceptors (Lipinski definition) is 4. The summed E-state index contributed by atoms with van der Waals surface area (Å²) in [7, 11) is 0. The maximum Gasteiger partial charge on any atom is 0.271 e. The number of benzene rings is 4. The molecule has 0 bridgehead atoms. The Kier molecular flexibility index (Phi) is 6.91. The summed E-state index contributed by atoms with van der Waals surface area (Å²) in [6, 6.07) is 35.4.